The fourth-order valence-corrected chi connectivity index (χ4v) is 2.39. The van der Waals surface area contributed by atoms with Gasteiger partial charge in [-0.25, -0.2) is 0 Å². The van der Waals surface area contributed by atoms with E-state index in [4.69, 9.17) is 4.74 Å². The summed E-state index contributed by atoms with van der Waals surface area (Å²) in [5.74, 6) is 0.813. The molecular weight excluding hydrogens is 188 g/mol. The van der Waals surface area contributed by atoms with Crippen LogP contribution in [0.4, 0.5) is 0 Å². The Labute approximate surface area is 90.9 Å². The van der Waals surface area contributed by atoms with Crippen LogP contribution < -0.4 is 4.74 Å². The van der Waals surface area contributed by atoms with E-state index in [2.05, 4.69) is 13.8 Å². The molecule has 0 radical (unpaired) electrons. The minimum absolute atomic E-state index is 0.00250. The predicted molar refractivity (Wildman–Crippen MR) is 59.9 cm³/mol. The van der Waals surface area contributed by atoms with E-state index < -0.39 is 5.60 Å². The first-order valence-electron chi connectivity index (χ1n) is 5.35. The largest absolute Gasteiger partial charge is 0.493 e. The maximum atomic E-state index is 10.5. The van der Waals surface area contributed by atoms with Crippen molar-refractivity contribution in [3.05, 3.63) is 29.8 Å². The summed E-state index contributed by atoms with van der Waals surface area (Å²) in [6.07, 6.45) is 0.719. The normalized spacial score (nSPS) is 28.8. The Morgan fingerprint density at radius 3 is 2.60 bits per heavy atom. The van der Waals surface area contributed by atoms with Crippen LogP contribution in [-0.2, 0) is 5.60 Å². The van der Waals surface area contributed by atoms with Crippen molar-refractivity contribution in [3.63, 3.8) is 0 Å². The van der Waals surface area contributed by atoms with Crippen LogP contribution >= 0.6 is 0 Å². The van der Waals surface area contributed by atoms with Crippen LogP contribution in [-0.4, -0.2) is 11.7 Å². The van der Waals surface area contributed by atoms with Gasteiger partial charge in [0.25, 0.3) is 0 Å². The Morgan fingerprint density at radius 1 is 1.20 bits per heavy atom. The van der Waals surface area contributed by atoms with Crippen molar-refractivity contribution >= 4 is 0 Å². The van der Waals surface area contributed by atoms with Crippen LogP contribution in [0.1, 0.15) is 32.8 Å². The van der Waals surface area contributed by atoms with Gasteiger partial charge in [-0.15, -0.1) is 0 Å². The molecule has 82 valence electrons. The van der Waals surface area contributed by atoms with Crippen molar-refractivity contribution < 1.29 is 9.84 Å². The van der Waals surface area contributed by atoms with Crippen LogP contribution in [0.15, 0.2) is 24.3 Å². The average Bonchev–Trinajstić information content (AvgIpc) is 2.22. The third-order valence-electron chi connectivity index (χ3n) is 2.91. The molecule has 0 saturated carbocycles. The van der Waals surface area contributed by atoms with Crippen molar-refractivity contribution in [2.75, 3.05) is 6.61 Å². The van der Waals surface area contributed by atoms with Gasteiger partial charge in [0, 0.05) is 11.0 Å². The summed E-state index contributed by atoms with van der Waals surface area (Å²) in [6.45, 7) is 6.75. The van der Waals surface area contributed by atoms with Crippen LogP contribution in [0, 0.1) is 5.41 Å². The fraction of sp³-hybridized carbons (Fsp3) is 0.538. The highest BCUT2D eigenvalue weighted by Crippen LogP contribution is 2.42. The number of fused-ring (bicyclic) bond motifs is 1. The summed E-state index contributed by atoms with van der Waals surface area (Å²) < 4.78 is 5.74. The molecule has 1 aliphatic heterocycles. The predicted octanol–water partition coefficient (Wildman–Crippen LogP) is 2.70. The SMILES string of the molecule is CC1(C)COc2ccccc2C(C)(O)C1. The Balaban J connectivity index is 2.47. The van der Waals surface area contributed by atoms with Crippen molar-refractivity contribution in [1.82, 2.24) is 0 Å². The number of rotatable bonds is 0. The Bertz CT molecular complexity index is 367. The summed E-state index contributed by atoms with van der Waals surface area (Å²) in [7, 11) is 0. The van der Waals surface area contributed by atoms with Gasteiger partial charge in [-0.2, -0.15) is 0 Å². The Kier molecular flexibility index (Phi) is 2.27. The van der Waals surface area contributed by atoms with Gasteiger partial charge < -0.3 is 9.84 Å². The molecular formula is C13H18O2. The zero-order valence-corrected chi connectivity index (χ0v) is 9.58. The first-order valence-corrected chi connectivity index (χ1v) is 5.35. The molecule has 1 heterocycles. The van der Waals surface area contributed by atoms with Crippen LogP contribution in [0.25, 0.3) is 0 Å². The van der Waals surface area contributed by atoms with Gasteiger partial charge in [0.05, 0.1) is 12.2 Å². The molecule has 0 amide bonds. The lowest BCUT2D eigenvalue weighted by Crippen LogP contribution is -2.29. The average molecular weight is 206 g/mol. The highest BCUT2D eigenvalue weighted by molar-refractivity contribution is 5.38. The number of para-hydroxylation sites is 1. The molecule has 0 aromatic heterocycles. The zero-order chi connectivity index (χ0) is 11.1. The van der Waals surface area contributed by atoms with Crippen molar-refractivity contribution in [2.24, 2.45) is 5.41 Å². The van der Waals surface area contributed by atoms with E-state index in [9.17, 15) is 5.11 Å². The van der Waals surface area contributed by atoms with Gasteiger partial charge in [-0.1, -0.05) is 32.0 Å². The van der Waals surface area contributed by atoms with Crippen molar-refractivity contribution in [3.8, 4) is 5.75 Å². The molecule has 0 spiro atoms. The summed E-state index contributed by atoms with van der Waals surface area (Å²) in [6, 6.07) is 7.74. The van der Waals surface area contributed by atoms with E-state index in [1.54, 1.807) is 0 Å². The van der Waals surface area contributed by atoms with E-state index in [1.807, 2.05) is 31.2 Å². The number of hydrogen-bond donors (Lipinski definition) is 1. The molecule has 1 aromatic rings. The molecule has 1 aliphatic rings. The van der Waals surface area contributed by atoms with Gasteiger partial charge in [-0.3, -0.25) is 0 Å². The third-order valence-corrected chi connectivity index (χ3v) is 2.91. The molecule has 1 unspecified atom stereocenters. The molecule has 2 rings (SSSR count). The standard InChI is InChI=1S/C13H18O2/c1-12(2)8-13(3,14)10-6-4-5-7-11(10)15-9-12/h4-7,14H,8-9H2,1-3H3. The first-order chi connectivity index (χ1) is 6.91. The zero-order valence-electron chi connectivity index (χ0n) is 9.58. The molecule has 15 heavy (non-hydrogen) atoms. The van der Waals surface area contributed by atoms with E-state index in [0.29, 0.717) is 6.61 Å². The Morgan fingerprint density at radius 2 is 1.87 bits per heavy atom. The van der Waals surface area contributed by atoms with Gasteiger partial charge in [0.2, 0.25) is 0 Å². The maximum absolute atomic E-state index is 10.5. The molecule has 1 atom stereocenters. The number of hydrogen-bond acceptors (Lipinski definition) is 2. The van der Waals surface area contributed by atoms with Crippen LogP contribution in [0.5, 0.6) is 5.75 Å². The number of aliphatic hydroxyl groups is 1. The second-order valence-corrected chi connectivity index (χ2v) is 5.40. The second kappa shape index (κ2) is 3.24. The molecule has 2 nitrogen and oxygen atoms in total. The van der Waals surface area contributed by atoms with E-state index in [0.717, 1.165) is 17.7 Å². The molecule has 1 aromatic carbocycles. The summed E-state index contributed by atoms with van der Waals surface area (Å²) >= 11 is 0. The molecule has 2 heteroatoms. The lowest BCUT2D eigenvalue weighted by atomic mass is 9.79. The first kappa shape index (κ1) is 10.5. The Hall–Kier alpha value is -1.02. The number of benzene rings is 1. The minimum atomic E-state index is -0.795. The van der Waals surface area contributed by atoms with Crippen molar-refractivity contribution in [2.45, 2.75) is 32.8 Å². The highest BCUT2D eigenvalue weighted by Gasteiger charge is 2.37. The summed E-state index contributed by atoms with van der Waals surface area (Å²) in [5.41, 5.74) is 0.106. The molecule has 0 saturated heterocycles. The van der Waals surface area contributed by atoms with E-state index >= 15 is 0 Å². The van der Waals surface area contributed by atoms with Crippen LogP contribution in [0.2, 0.25) is 0 Å². The fourth-order valence-electron chi connectivity index (χ4n) is 2.39. The topological polar surface area (TPSA) is 29.5 Å². The molecule has 1 N–H and O–H groups in total. The smallest absolute Gasteiger partial charge is 0.125 e. The maximum Gasteiger partial charge on any atom is 0.125 e. The molecule has 0 aliphatic carbocycles. The highest BCUT2D eigenvalue weighted by atomic mass is 16.5. The quantitative estimate of drug-likeness (QED) is 0.707. The second-order valence-electron chi connectivity index (χ2n) is 5.40. The van der Waals surface area contributed by atoms with Crippen LogP contribution in [0.3, 0.4) is 0 Å². The van der Waals surface area contributed by atoms with Gasteiger partial charge in [0.1, 0.15) is 5.75 Å². The minimum Gasteiger partial charge on any atom is -0.493 e. The lowest BCUT2D eigenvalue weighted by Gasteiger charge is -2.29. The van der Waals surface area contributed by atoms with E-state index in [1.165, 1.54) is 0 Å². The van der Waals surface area contributed by atoms with Gasteiger partial charge in [-0.05, 0) is 19.4 Å². The summed E-state index contributed by atoms with van der Waals surface area (Å²) in [4.78, 5) is 0. The van der Waals surface area contributed by atoms with Gasteiger partial charge in [0.15, 0.2) is 0 Å². The molecule has 0 bridgehead atoms. The summed E-state index contributed by atoms with van der Waals surface area (Å²) in [5, 5.41) is 10.5. The van der Waals surface area contributed by atoms with Crippen molar-refractivity contribution in [1.29, 1.82) is 0 Å². The van der Waals surface area contributed by atoms with E-state index in [-0.39, 0.29) is 5.41 Å². The number of ether oxygens (including phenoxy) is 1. The van der Waals surface area contributed by atoms with Gasteiger partial charge >= 0.3 is 0 Å². The molecule has 0 fully saturated rings. The third kappa shape index (κ3) is 2.00. The monoisotopic (exact) mass is 206 g/mol. The lowest BCUT2D eigenvalue weighted by molar-refractivity contribution is 0.0107.